The molecule has 0 spiro atoms. The van der Waals surface area contributed by atoms with Crippen LogP contribution < -0.4 is 10.4 Å². The SMILES string of the molecule is Cn1c(=O)n(C)c2cc(S(=O)(=O)Nc3ccc(C#N)cc3)ccc21. The van der Waals surface area contributed by atoms with Crippen molar-refractivity contribution in [3.8, 4) is 6.07 Å². The maximum Gasteiger partial charge on any atom is 0.328 e. The van der Waals surface area contributed by atoms with Gasteiger partial charge in [0.15, 0.2) is 0 Å². The highest BCUT2D eigenvalue weighted by Crippen LogP contribution is 2.20. The number of hydrogen-bond acceptors (Lipinski definition) is 4. The van der Waals surface area contributed by atoms with Crippen molar-refractivity contribution in [1.29, 1.82) is 5.26 Å². The summed E-state index contributed by atoms with van der Waals surface area (Å²) in [4.78, 5) is 12.0. The molecule has 0 aliphatic rings. The normalized spacial score (nSPS) is 11.4. The van der Waals surface area contributed by atoms with Crippen molar-refractivity contribution in [3.63, 3.8) is 0 Å². The van der Waals surface area contributed by atoms with Crippen LogP contribution in [0, 0.1) is 11.3 Å². The summed E-state index contributed by atoms with van der Waals surface area (Å²) < 4.78 is 30.4. The Morgan fingerprint density at radius 2 is 1.62 bits per heavy atom. The van der Waals surface area contributed by atoms with E-state index in [1.165, 1.54) is 45.5 Å². The fourth-order valence-electron chi connectivity index (χ4n) is 2.48. The summed E-state index contributed by atoms with van der Waals surface area (Å²) >= 11 is 0. The average Bonchev–Trinajstić information content (AvgIpc) is 2.79. The topological polar surface area (TPSA) is 96.9 Å². The number of aryl methyl sites for hydroxylation is 2. The number of sulfonamides is 1. The van der Waals surface area contributed by atoms with Gasteiger partial charge in [-0.1, -0.05) is 0 Å². The van der Waals surface area contributed by atoms with Gasteiger partial charge in [-0.15, -0.1) is 0 Å². The Labute approximate surface area is 138 Å². The van der Waals surface area contributed by atoms with Crippen molar-refractivity contribution < 1.29 is 8.42 Å². The van der Waals surface area contributed by atoms with Gasteiger partial charge in [-0.2, -0.15) is 5.26 Å². The van der Waals surface area contributed by atoms with Gasteiger partial charge in [0.2, 0.25) is 0 Å². The fraction of sp³-hybridized carbons (Fsp3) is 0.125. The van der Waals surface area contributed by atoms with E-state index in [4.69, 9.17) is 5.26 Å². The van der Waals surface area contributed by atoms with Gasteiger partial charge in [0.05, 0.1) is 27.6 Å². The number of nitriles is 1. The molecule has 0 radical (unpaired) electrons. The first kappa shape index (κ1) is 15.8. The zero-order chi connectivity index (χ0) is 17.5. The zero-order valence-corrected chi connectivity index (χ0v) is 13.8. The maximum absolute atomic E-state index is 12.5. The summed E-state index contributed by atoms with van der Waals surface area (Å²) in [5.74, 6) is 0. The molecule has 0 bridgehead atoms. The molecule has 0 saturated heterocycles. The molecule has 0 aliphatic heterocycles. The molecule has 1 N–H and O–H groups in total. The van der Waals surface area contributed by atoms with E-state index in [1.807, 2.05) is 6.07 Å². The molecular formula is C16H14N4O3S. The van der Waals surface area contributed by atoms with Crippen LogP contribution >= 0.6 is 0 Å². The van der Waals surface area contributed by atoms with Gasteiger partial charge in [-0.05, 0) is 42.5 Å². The molecule has 1 aromatic heterocycles. The molecule has 0 unspecified atom stereocenters. The highest BCUT2D eigenvalue weighted by molar-refractivity contribution is 7.92. The van der Waals surface area contributed by atoms with Gasteiger partial charge in [0.25, 0.3) is 10.0 Å². The summed E-state index contributed by atoms with van der Waals surface area (Å²) in [7, 11) is -0.577. The summed E-state index contributed by atoms with van der Waals surface area (Å²) in [6, 6.07) is 12.6. The predicted octanol–water partition coefficient (Wildman–Crippen LogP) is 1.55. The molecule has 0 atom stereocenters. The lowest BCUT2D eigenvalue weighted by molar-refractivity contribution is 0.601. The second-order valence-corrected chi connectivity index (χ2v) is 7.03. The Hall–Kier alpha value is -3.05. The van der Waals surface area contributed by atoms with Crippen molar-refractivity contribution in [2.24, 2.45) is 14.1 Å². The number of imidazole rings is 1. The van der Waals surface area contributed by atoms with E-state index in [0.717, 1.165) is 0 Å². The minimum Gasteiger partial charge on any atom is -0.295 e. The van der Waals surface area contributed by atoms with E-state index in [-0.39, 0.29) is 10.6 Å². The highest BCUT2D eigenvalue weighted by Gasteiger charge is 2.17. The monoisotopic (exact) mass is 342 g/mol. The second kappa shape index (κ2) is 5.54. The minimum atomic E-state index is -3.80. The van der Waals surface area contributed by atoms with Crippen LogP contribution in [0.2, 0.25) is 0 Å². The van der Waals surface area contributed by atoms with E-state index in [2.05, 4.69) is 4.72 Å². The number of nitrogens with zero attached hydrogens (tertiary/aromatic N) is 3. The maximum atomic E-state index is 12.5. The van der Waals surface area contributed by atoms with Gasteiger partial charge in [-0.25, -0.2) is 13.2 Å². The predicted molar refractivity (Wildman–Crippen MR) is 90.1 cm³/mol. The lowest BCUT2D eigenvalue weighted by atomic mass is 10.2. The molecule has 1 heterocycles. The third-order valence-electron chi connectivity index (χ3n) is 3.82. The lowest BCUT2D eigenvalue weighted by Crippen LogP contribution is -2.19. The number of rotatable bonds is 3. The van der Waals surface area contributed by atoms with Crippen LogP contribution in [0.1, 0.15) is 5.56 Å². The van der Waals surface area contributed by atoms with Gasteiger partial charge < -0.3 is 0 Å². The highest BCUT2D eigenvalue weighted by atomic mass is 32.2. The van der Waals surface area contributed by atoms with E-state index < -0.39 is 10.0 Å². The van der Waals surface area contributed by atoms with Crippen LogP contribution in [0.3, 0.4) is 0 Å². The molecule has 122 valence electrons. The summed E-state index contributed by atoms with van der Waals surface area (Å²) in [6.45, 7) is 0. The van der Waals surface area contributed by atoms with Crippen LogP contribution in [0.5, 0.6) is 0 Å². The van der Waals surface area contributed by atoms with E-state index >= 15 is 0 Å². The fourth-order valence-corrected chi connectivity index (χ4v) is 3.56. The van der Waals surface area contributed by atoms with E-state index in [9.17, 15) is 13.2 Å². The van der Waals surface area contributed by atoms with Crippen LogP contribution in [0.4, 0.5) is 5.69 Å². The second-order valence-electron chi connectivity index (χ2n) is 5.35. The first-order valence-corrected chi connectivity index (χ1v) is 8.50. The molecule has 0 saturated carbocycles. The van der Waals surface area contributed by atoms with E-state index in [1.54, 1.807) is 20.2 Å². The Balaban J connectivity index is 2.03. The van der Waals surface area contributed by atoms with Gasteiger partial charge in [-0.3, -0.25) is 13.9 Å². The quantitative estimate of drug-likeness (QED) is 0.781. The number of fused-ring (bicyclic) bond motifs is 1. The van der Waals surface area contributed by atoms with Crippen molar-refractivity contribution in [2.75, 3.05) is 4.72 Å². The largest absolute Gasteiger partial charge is 0.328 e. The van der Waals surface area contributed by atoms with E-state index in [0.29, 0.717) is 22.3 Å². The number of aromatic nitrogens is 2. The number of nitrogens with one attached hydrogen (secondary N) is 1. The third-order valence-corrected chi connectivity index (χ3v) is 5.20. The number of anilines is 1. The Morgan fingerprint density at radius 3 is 2.25 bits per heavy atom. The first-order valence-electron chi connectivity index (χ1n) is 7.02. The molecule has 3 aromatic rings. The Bertz CT molecular complexity index is 1130. The molecule has 0 fully saturated rings. The van der Waals surface area contributed by atoms with Gasteiger partial charge in [0, 0.05) is 19.8 Å². The van der Waals surface area contributed by atoms with Gasteiger partial charge in [0.1, 0.15) is 0 Å². The molecule has 0 amide bonds. The molecular weight excluding hydrogens is 328 g/mol. The lowest BCUT2D eigenvalue weighted by Gasteiger charge is -2.08. The molecule has 24 heavy (non-hydrogen) atoms. The average molecular weight is 342 g/mol. The van der Waals surface area contributed by atoms with Crippen LogP contribution in [-0.2, 0) is 24.1 Å². The van der Waals surface area contributed by atoms with Gasteiger partial charge >= 0.3 is 5.69 Å². The van der Waals surface area contributed by atoms with Crippen LogP contribution in [0.25, 0.3) is 11.0 Å². The molecule has 3 rings (SSSR count). The molecule has 7 nitrogen and oxygen atoms in total. The summed E-state index contributed by atoms with van der Waals surface area (Å²) in [6.07, 6.45) is 0. The van der Waals surface area contributed by atoms with Crippen molar-refractivity contribution in [1.82, 2.24) is 9.13 Å². The molecule has 2 aromatic carbocycles. The van der Waals surface area contributed by atoms with Crippen molar-refractivity contribution >= 4 is 26.7 Å². The third kappa shape index (κ3) is 2.55. The summed E-state index contributed by atoms with van der Waals surface area (Å²) in [5, 5.41) is 8.77. The minimum absolute atomic E-state index is 0.0561. The molecule has 0 aliphatic carbocycles. The van der Waals surface area contributed by atoms with Crippen LogP contribution in [0.15, 0.2) is 52.2 Å². The Kier molecular flexibility index (Phi) is 3.66. The Morgan fingerprint density at radius 1 is 1.00 bits per heavy atom. The van der Waals surface area contributed by atoms with Crippen molar-refractivity contribution in [2.45, 2.75) is 4.90 Å². The first-order chi connectivity index (χ1) is 11.3. The van der Waals surface area contributed by atoms with Crippen molar-refractivity contribution in [3.05, 3.63) is 58.5 Å². The standard InChI is InChI=1S/C16H14N4O3S/c1-19-14-8-7-13(9-15(14)20(2)16(19)21)24(22,23)18-12-5-3-11(10-17)4-6-12/h3-9,18H,1-2H3. The molecule has 8 heteroatoms. The smallest absolute Gasteiger partial charge is 0.295 e. The zero-order valence-electron chi connectivity index (χ0n) is 13.0. The van der Waals surface area contributed by atoms with Crippen LogP contribution in [-0.4, -0.2) is 17.6 Å². The summed E-state index contributed by atoms with van der Waals surface area (Å²) in [5.41, 5.74) is 1.76. The number of benzene rings is 2. The number of hydrogen-bond donors (Lipinski definition) is 1.